The van der Waals surface area contributed by atoms with Gasteiger partial charge in [0, 0.05) is 38.3 Å². The molecule has 1 fully saturated rings. The van der Waals surface area contributed by atoms with E-state index < -0.39 is 38.6 Å². The van der Waals surface area contributed by atoms with Crippen molar-refractivity contribution in [2.75, 3.05) is 31.1 Å². The standard InChI is InChI=1S/C16H13F3N4O6/c17-16(18,19)11-7-12(22(25)26)14(13(8-11)23(27)28)20-2-4-21(5-3-20)15(24)10-1-6-29-9-10/h1,6-9H,2-5H2. The van der Waals surface area contributed by atoms with Crippen molar-refractivity contribution in [1.82, 2.24) is 4.90 Å². The topological polar surface area (TPSA) is 123 Å². The van der Waals surface area contributed by atoms with Crippen LogP contribution in [0.4, 0.5) is 30.2 Å². The number of alkyl halides is 3. The molecule has 1 aliphatic rings. The van der Waals surface area contributed by atoms with Crippen molar-refractivity contribution < 1.29 is 32.2 Å². The number of halogens is 3. The van der Waals surface area contributed by atoms with E-state index in [-0.39, 0.29) is 44.2 Å². The maximum Gasteiger partial charge on any atom is 0.416 e. The van der Waals surface area contributed by atoms with E-state index in [0.29, 0.717) is 5.56 Å². The summed E-state index contributed by atoms with van der Waals surface area (Å²) < 4.78 is 43.9. The molecule has 0 spiro atoms. The van der Waals surface area contributed by atoms with Crippen LogP contribution in [0.2, 0.25) is 0 Å². The average molecular weight is 414 g/mol. The number of carbonyl (C=O) groups is 1. The highest BCUT2D eigenvalue weighted by atomic mass is 19.4. The molecule has 1 saturated heterocycles. The van der Waals surface area contributed by atoms with Crippen LogP contribution in [-0.2, 0) is 6.18 Å². The molecule has 154 valence electrons. The van der Waals surface area contributed by atoms with Gasteiger partial charge in [-0.2, -0.15) is 13.2 Å². The third kappa shape index (κ3) is 3.97. The first kappa shape index (κ1) is 20.1. The Bertz CT molecular complexity index is 917. The second-order valence-corrected chi connectivity index (χ2v) is 6.17. The predicted molar refractivity (Wildman–Crippen MR) is 91.6 cm³/mol. The van der Waals surface area contributed by atoms with E-state index in [1.54, 1.807) is 0 Å². The van der Waals surface area contributed by atoms with Gasteiger partial charge in [0.25, 0.3) is 17.3 Å². The van der Waals surface area contributed by atoms with Crippen LogP contribution in [0.5, 0.6) is 0 Å². The van der Waals surface area contributed by atoms with Gasteiger partial charge in [-0.1, -0.05) is 0 Å². The second kappa shape index (κ2) is 7.41. The number of nitrogens with zero attached hydrogens (tertiary/aromatic N) is 4. The summed E-state index contributed by atoms with van der Waals surface area (Å²) in [5, 5.41) is 22.7. The Kier molecular flexibility index (Phi) is 5.14. The van der Waals surface area contributed by atoms with Crippen LogP contribution in [-0.4, -0.2) is 46.8 Å². The fourth-order valence-corrected chi connectivity index (χ4v) is 3.07. The molecular weight excluding hydrogens is 401 g/mol. The van der Waals surface area contributed by atoms with Crippen LogP contribution in [0.3, 0.4) is 0 Å². The first-order chi connectivity index (χ1) is 13.6. The molecule has 1 amide bonds. The Hall–Kier alpha value is -3.64. The number of hydrogen-bond acceptors (Lipinski definition) is 7. The van der Waals surface area contributed by atoms with Crippen LogP contribution in [0.1, 0.15) is 15.9 Å². The highest BCUT2D eigenvalue weighted by Gasteiger charge is 2.40. The summed E-state index contributed by atoms with van der Waals surface area (Å²) >= 11 is 0. The number of nitro groups is 2. The predicted octanol–water partition coefficient (Wildman–Crippen LogP) is 3.08. The molecule has 0 aliphatic carbocycles. The molecule has 0 bridgehead atoms. The van der Waals surface area contributed by atoms with Gasteiger partial charge in [-0.15, -0.1) is 0 Å². The third-order valence-corrected chi connectivity index (χ3v) is 4.44. The zero-order valence-electron chi connectivity index (χ0n) is 14.6. The van der Waals surface area contributed by atoms with Crippen molar-refractivity contribution in [3.8, 4) is 0 Å². The minimum absolute atomic E-state index is 0.0311. The molecule has 1 aromatic carbocycles. The molecule has 3 rings (SSSR count). The van der Waals surface area contributed by atoms with E-state index in [1.165, 1.54) is 28.4 Å². The molecule has 13 heteroatoms. The van der Waals surface area contributed by atoms with Gasteiger partial charge in [-0.3, -0.25) is 25.0 Å². The zero-order valence-corrected chi connectivity index (χ0v) is 14.6. The minimum atomic E-state index is -4.98. The third-order valence-electron chi connectivity index (χ3n) is 4.44. The number of nitro benzene ring substituents is 2. The fraction of sp³-hybridized carbons (Fsp3) is 0.312. The normalized spacial score (nSPS) is 14.7. The molecule has 0 atom stereocenters. The lowest BCUT2D eigenvalue weighted by Gasteiger charge is -2.35. The Balaban J connectivity index is 1.93. The van der Waals surface area contributed by atoms with Crippen molar-refractivity contribution >= 4 is 23.0 Å². The largest absolute Gasteiger partial charge is 0.472 e. The number of hydrogen-bond donors (Lipinski definition) is 0. The highest BCUT2D eigenvalue weighted by molar-refractivity contribution is 5.94. The quantitative estimate of drug-likeness (QED) is 0.556. The van der Waals surface area contributed by atoms with E-state index in [1.807, 2.05) is 0 Å². The smallest absolute Gasteiger partial charge is 0.416 e. The number of carbonyl (C=O) groups excluding carboxylic acids is 1. The lowest BCUT2D eigenvalue weighted by molar-refractivity contribution is -0.393. The lowest BCUT2D eigenvalue weighted by Crippen LogP contribution is -2.49. The fourth-order valence-electron chi connectivity index (χ4n) is 3.07. The van der Waals surface area contributed by atoms with Crippen LogP contribution in [0, 0.1) is 20.2 Å². The molecule has 0 N–H and O–H groups in total. The summed E-state index contributed by atoms with van der Waals surface area (Å²) in [6.07, 6.45) is -2.41. The van der Waals surface area contributed by atoms with Gasteiger partial charge in [0.1, 0.15) is 6.26 Å². The molecular formula is C16H13F3N4O6. The van der Waals surface area contributed by atoms with Crippen LogP contribution in [0.15, 0.2) is 35.1 Å². The number of amides is 1. The highest BCUT2D eigenvalue weighted by Crippen LogP contribution is 2.43. The monoisotopic (exact) mass is 414 g/mol. The van der Waals surface area contributed by atoms with Gasteiger partial charge in [-0.25, -0.2) is 0 Å². The zero-order chi connectivity index (χ0) is 21.3. The van der Waals surface area contributed by atoms with Crippen molar-refractivity contribution in [2.24, 2.45) is 0 Å². The Morgan fingerprint density at radius 1 is 1.03 bits per heavy atom. The first-order valence-corrected chi connectivity index (χ1v) is 8.20. The number of benzene rings is 1. The van der Waals surface area contributed by atoms with E-state index in [0.717, 1.165) is 0 Å². The van der Waals surface area contributed by atoms with E-state index in [9.17, 15) is 38.2 Å². The van der Waals surface area contributed by atoms with E-state index >= 15 is 0 Å². The van der Waals surface area contributed by atoms with Crippen LogP contribution in [0.25, 0.3) is 0 Å². The molecule has 10 nitrogen and oxygen atoms in total. The van der Waals surface area contributed by atoms with Gasteiger partial charge in [0.05, 0.1) is 27.2 Å². The van der Waals surface area contributed by atoms with Gasteiger partial charge in [0.2, 0.25) is 0 Å². The molecule has 1 aliphatic heterocycles. The lowest BCUT2D eigenvalue weighted by atomic mass is 10.1. The summed E-state index contributed by atoms with van der Waals surface area (Å²) in [6, 6.07) is 2.02. The SMILES string of the molecule is O=C(c1ccoc1)N1CCN(c2c([N+](=O)[O-])cc(C(F)(F)F)cc2[N+](=O)[O-])CC1. The molecule has 1 aromatic heterocycles. The van der Waals surface area contributed by atoms with Gasteiger partial charge >= 0.3 is 6.18 Å². The van der Waals surface area contributed by atoms with Gasteiger partial charge < -0.3 is 14.2 Å². The second-order valence-electron chi connectivity index (χ2n) is 6.17. The number of rotatable bonds is 4. The molecule has 0 saturated carbocycles. The number of piperazine rings is 1. The van der Waals surface area contributed by atoms with Crippen molar-refractivity contribution in [3.63, 3.8) is 0 Å². The van der Waals surface area contributed by atoms with Crippen LogP contribution >= 0.6 is 0 Å². The number of furan rings is 1. The maximum atomic E-state index is 13.0. The van der Waals surface area contributed by atoms with Gasteiger partial charge in [0.15, 0.2) is 5.69 Å². The van der Waals surface area contributed by atoms with Crippen molar-refractivity contribution in [1.29, 1.82) is 0 Å². The van der Waals surface area contributed by atoms with E-state index in [4.69, 9.17) is 4.42 Å². The summed E-state index contributed by atoms with van der Waals surface area (Å²) in [5.41, 5.74) is -3.72. The Morgan fingerprint density at radius 2 is 1.59 bits per heavy atom. The molecule has 0 radical (unpaired) electrons. The first-order valence-electron chi connectivity index (χ1n) is 8.20. The maximum absolute atomic E-state index is 13.0. The van der Waals surface area contributed by atoms with Crippen molar-refractivity contribution in [2.45, 2.75) is 6.18 Å². The van der Waals surface area contributed by atoms with Crippen LogP contribution < -0.4 is 4.90 Å². The summed E-state index contributed by atoms with van der Waals surface area (Å²) in [7, 11) is 0. The minimum Gasteiger partial charge on any atom is -0.472 e. The summed E-state index contributed by atoms with van der Waals surface area (Å²) in [4.78, 5) is 35.5. The molecule has 29 heavy (non-hydrogen) atoms. The number of anilines is 1. The summed E-state index contributed by atoms with van der Waals surface area (Å²) in [5.74, 6) is -0.352. The Labute approximate surface area is 160 Å². The van der Waals surface area contributed by atoms with Crippen molar-refractivity contribution in [3.05, 3.63) is 62.1 Å². The molecule has 0 unspecified atom stereocenters. The van der Waals surface area contributed by atoms with E-state index in [2.05, 4.69) is 0 Å². The molecule has 2 aromatic rings. The Morgan fingerprint density at radius 3 is 2.00 bits per heavy atom. The van der Waals surface area contributed by atoms with Gasteiger partial charge in [-0.05, 0) is 6.07 Å². The average Bonchev–Trinajstić information content (AvgIpc) is 3.20. The molecule has 2 heterocycles. The summed E-state index contributed by atoms with van der Waals surface area (Å²) in [6.45, 7) is 0.0754.